The van der Waals surface area contributed by atoms with Gasteiger partial charge in [0, 0.05) is 6.61 Å². The molecule has 0 amide bonds. The smallest absolute Gasteiger partial charge is 0.261 e. The Labute approximate surface area is 245 Å². The van der Waals surface area contributed by atoms with E-state index >= 15 is 0 Å². The third-order valence-electron chi connectivity index (χ3n) is 8.66. The molecule has 40 heavy (non-hydrogen) atoms. The summed E-state index contributed by atoms with van der Waals surface area (Å²) < 4.78 is 20.0. The molecule has 0 unspecified atom stereocenters. The van der Waals surface area contributed by atoms with Gasteiger partial charge in [-0.15, -0.1) is 0 Å². The summed E-state index contributed by atoms with van der Waals surface area (Å²) in [5.74, 6) is 0. The SMILES string of the molecule is CC[Si](CC)(CC)OCC[C@H](O[Si](c1ccccc1)(c1ccccc1)C(C)(C)C)[C@@H](O)/C=C/[C@@H]1CC(C)=CCO1. The summed E-state index contributed by atoms with van der Waals surface area (Å²) in [5.41, 5.74) is 1.32. The molecule has 0 aliphatic carbocycles. The highest BCUT2D eigenvalue weighted by Crippen LogP contribution is 2.38. The van der Waals surface area contributed by atoms with E-state index in [0.29, 0.717) is 19.6 Å². The first-order valence-electron chi connectivity index (χ1n) is 15.2. The molecular weight excluding hydrogens is 529 g/mol. The second kappa shape index (κ2) is 14.9. The first-order chi connectivity index (χ1) is 19.1. The molecule has 1 N–H and O–H groups in total. The normalized spacial score (nSPS) is 18.5. The van der Waals surface area contributed by atoms with Crippen LogP contribution in [0.1, 0.15) is 61.3 Å². The molecule has 6 heteroatoms. The highest BCUT2D eigenvalue weighted by molar-refractivity contribution is 6.99. The lowest BCUT2D eigenvalue weighted by Crippen LogP contribution is -2.68. The van der Waals surface area contributed by atoms with Crippen molar-refractivity contribution in [2.24, 2.45) is 0 Å². The van der Waals surface area contributed by atoms with Crippen LogP contribution in [-0.2, 0) is 13.6 Å². The molecule has 0 saturated heterocycles. The minimum Gasteiger partial charge on any atom is -0.417 e. The van der Waals surface area contributed by atoms with Crippen molar-refractivity contribution in [2.75, 3.05) is 13.2 Å². The predicted molar refractivity (Wildman–Crippen MR) is 174 cm³/mol. The van der Waals surface area contributed by atoms with Gasteiger partial charge >= 0.3 is 0 Å². The Hall–Kier alpha value is -1.81. The summed E-state index contributed by atoms with van der Waals surface area (Å²) in [7, 11) is -4.62. The molecule has 0 bridgehead atoms. The molecule has 2 aromatic rings. The summed E-state index contributed by atoms with van der Waals surface area (Å²) in [6, 6.07) is 24.7. The van der Waals surface area contributed by atoms with Crippen LogP contribution >= 0.6 is 0 Å². The Morgan fingerprint density at radius 1 is 0.950 bits per heavy atom. The van der Waals surface area contributed by atoms with Crippen molar-refractivity contribution in [1.82, 2.24) is 0 Å². The molecule has 4 nitrogen and oxygen atoms in total. The van der Waals surface area contributed by atoms with Crippen LogP contribution in [0.15, 0.2) is 84.5 Å². The van der Waals surface area contributed by atoms with Crippen LogP contribution in [0.25, 0.3) is 0 Å². The molecule has 0 saturated carbocycles. The van der Waals surface area contributed by atoms with Gasteiger partial charge in [-0.05, 0) is 53.3 Å². The van der Waals surface area contributed by atoms with Gasteiger partial charge in [0.25, 0.3) is 8.32 Å². The van der Waals surface area contributed by atoms with Crippen molar-refractivity contribution in [1.29, 1.82) is 0 Å². The van der Waals surface area contributed by atoms with E-state index in [1.54, 1.807) is 0 Å². The van der Waals surface area contributed by atoms with E-state index in [-0.39, 0.29) is 11.1 Å². The molecule has 0 fully saturated rings. The maximum Gasteiger partial charge on any atom is 0.261 e. The highest BCUT2D eigenvalue weighted by Gasteiger charge is 2.52. The number of rotatable bonds is 14. The quantitative estimate of drug-likeness (QED) is 0.193. The van der Waals surface area contributed by atoms with Crippen molar-refractivity contribution < 1.29 is 18.7 Å². The fraction of sp³-hybridized carbons (Fsp3) is 0.529. The topological polar surface area (TPSA) is 47.9 Å². The standard InChI is InChI=1S/C34H52O4Si2/c1-8-39(9-2,10-3)37-26-24-33(32(35)22-21-29-27-28(4)23-25-36-29)38-40(34(5,6)7,30-17-13-11-14-18-30)31-19-15-12-16-20-31/h11-23,29,32-33,35H,8-10,24-27H2,1-7H3/b22-21+/t29-,32+,33+/m1/s1. The van der Waals surface area contributed by atoms with Crippen molar-refractivity contribution in [3.8, 4) is 0 Å². The van der Waals surface area contributed by atoms with Crippen LogP contribution in [-0.4, -0.2) is 53.3 Å². The van der Waals surface area contributed by atoms with Crippen LogP contribution in [0, 0.1) is 0 Å². The third kappa shape index (κ3) is 7.93. The first kappa shape index (κ1) is 32.7. The largest absolute Gasteiger partial charge is 0.417 e. The zero-order valence-corrected chi connectivity index (χ0v) is 27.9. The van der Waals surface area contributed by atoms with Crippen molar-refractivity contribution in [2.45, 2.75) is 103 Å². The van der Waals surface area contributed by atoms with E-state index in [0.717, 1.165) is 24.6 Å². The molecule has 2 aromatic carbocycles. The Bertz CT molecular complexity index is 1030. The zero-order valence-electron chi connectivity index (χ0n) is 25.9. The third-order valence-corrected chi connectivity index (χ3v) is 18.4. The molecule has 0 radical (unpaired) electrons. The van der Waals surface area contributed by atoms with E-state index in [9.17, 15) is 5.11 Å². The van der Waals surface area contributed by atoms with Crippen molar-refractivity contribution in [3.05, 3.63) is 84.5 Å². The fourth-order valence-electron chi connectivity index (χ4n) is 5.92. The lowest BCUT2D eigenvalue weighted by atomic mass is 10.0. The van der Waals surface area contributed by atoms with E-state index in [1.807, 2.05) is 12.2 Å². The van der Waals surface area contributed by atoms with Gasteiger partial charge in [-0.25, -0.2) is 0 Å². The molecule has 3 rings (SSSR count). The summed E-state index contributed by atoms with van der Waals surface area (Å²) in [6.45, 7) is 17.0. The molecule has 1 aliphatic rings. The van der Waals surface area contributed by atoms with Crippen LogP contribution in [0.2, 0.25) is 23.2 Å². The Balaban J connectivity index is 2.01. The number of aliphatic hydroxyl groups is 1. The number of ether oxygens (including phenoxy) is 1. The van der Waals surface area contributed by atoms with Gasteiger partial charge in [0.05, 0.1) is 24.9 Å². The molecule has 0 aromatic heterocycles. The average Bonchev–Trinajstić information content (AvgIpc) is 2.96. The van der Waals surface area contributed by atoms with E-state index in [2.05, 4.69) is 115 Å². The Morgan fingerprint density at radius 2 is 1.50 bits per heavy atom. The maximum absolute atomic E-state index is 11.7. The highest BCUT2D eigenvalue weighted by atomic mass is 28.4. The van der Waals surface area contributed by atoms with Crippen LogP contribution in [0.4, 0.5) is 0 Å². The van der Waals surface area contributed by atoms with Gasteiger partial charge in [0.15, 0.2) is 8.32 Å². The van der Waals surface area contributed by atoms with Crippen molar-refractivity contribution >= 4 is 27.0 Å². The summed E-state index contributed by atoms with van der Waals surface area (Å²) in [4.78, 5) is 0. The van der Waals surface area contributed by atoms with Gasteiger partial charge in [0.2, 0.25) is 0 Å². The monoisotopic (exact) mass is 580 g/mol. The van der Waals surface area contributed by atoms with Gasteiger partial charge in [-0.2, -0.15) is 0 Å². The number of benzene rings is 2. The average molecular weight is 581 g/mol. The molecule has 1 aliphatic heterocycles. The summed E-state index contributed by atoms with van der Waals surface area (Å²) in [6.07, 6.45) is 6.31. The summed E-state index contributed by atoms with van der Waals surface area (Å²) in [5, 5.41) is 14.0. The summed E-state index contributed by atoms with van der Waals surface area (Å²) >= 11 is 0. The van der Waals surface area contributed by atoms with Crippen LogP contribution in [0.5, 0.6) is 0 Å². The number of aliphatic hydroxyl groups excluding tert-OH is 1. The molecule has 220 valence electrons. The number of hydrogen-bond acceptors (Lipinski definition) is 4. The second-order valence-corrected chi connectivity index (χ2v) is 21.2. The number of hydrogen-bond donors (Lipinski definition) is 1. The Kier molecular flexibility index (Phi) is 12.2. The van der Waals surface area contributed by atoms with E-state index < -0.39 is 28.8 Å². The van der Waals surface area contributed by atoms with Crippen LogP contribution < -0.4 is 10.4 Å². The van der Waals surface area contributed by atoms with Gasteiger partial charge < -0.3 is 18.7 Å². The Morgan fingerprint density at radius 3 is 1.98 bits per heavy atom. The van der Waals surface area contributed by atoms with E-state index in [4.69, 9.17) is 13.6 Å². The van der Waals surface area contributed by atoms with Gasteiger partial charge in [-0.3, -0.25) is 0 Å². The van der Waals surface area contributed by atoms with Crippen molar-refractivity contribution in [3.63, 3.8) is 0 Å². The van der Waals surface area contributed by atoms with E-state index in [1.165, 1.54) is 15.9 Å². The van der Waals surface area contributed by atoms with Gasteiger partial charge in [-0.1, -0.05) is 126 Å². The zero-order chi connectivity index (χ0) is 29.2. The van der Waals surface area contributed by atoms with Crippen LogP contribution in [0.3, 0.4) is 0 Å². The fourth-order valence-corrected chi connectivity index (χ4v) is 13.3. The molecule has 3 atom stereocenters. The molecule has 0 spiro atoms. The predicted octanol–water partition coefficient (Wildman–Crippen LogP) is 7.00. The lowest BCUT2D eigenvalue weighted by molar-refractivity contribution is 0.0419. The first-order valence-corrected chi connectivity index (χ1v) is 19.6. The minimum absolute atomic E-state index is 0.0234. The van der Waals surface area contributed by atoms with Gasteiger partial charge in [0.1, 0.15) is 0 Å². The minimum atomic E-state index is -2.85. The second-order valence-electron chi connectivity index (χ2n) is 12.2. The molecular formula is C34H52O4Si2. The molecule has 1 heterocycles. The lowest BCUT2D eigenvalue weighted by Gasteiger charge is -2.46. The maximum atomic E-state index is 11.7.